The lowest BCUT2D eigenvalue weighted by molar-refractivity contribution is -0.157. The standard InChI is InChI=1S/C11H21NO3/c1-6-12-10(14)8(2)7-9(13)15-11(3,4)5/h8H,6-7H2,1-5H3,(H,12,14)/t8-/m0/s1. The Kier molecular flexibility index (Phi) is 5.33. The second kappa shape index (κ2) is 5.73. The molecule has 0 bridgehead atoms. The van der Waals surface area contributed by atoms with Gasteiger partial charge in [0.1, 0.15) is 5.60 Å². The molecule has 0 aromatic carbocycles. The molecule has 1 atom stereocenters. The van der Waals surface area contributed by atoms with Gasteiger partial charge in [-0.15, -0.1) is 0 Å². The van der Waals surface area contributed by atoms with Crippen molar-refractivity contribution in [1.29, 1.82) is 0 Å². The van der Waals surface area contributed by atoms with Crippen LogP contribution in [0.2, 0.25) is 0 Å². The van der Waals surface area contributed by atoms with Crippen molar-refractivity contribution < 1.29 is 14.3 Å². The molecular weight excluding hydrogens is 194 g/mol. The average molecular weight is 215 g/mol. The third-order valence-corrected chi connectivity index (χ3v) is 1.69. The predicted octanol–water partition coefficient (Wildman–Crippen LogP) is 1.49. The van der Waals surface area contributed by atoms with Crippen LogP contribution in [0, 0.1) is 5.92 Å². The highest BCUT2D eigenvalue weighted by molar-refractivity contribution is 5.83. The number of carbonyl (C=O) groups excluding carboxylic acids is 2. The Morgan fingerprint density at radius 1 is 1.33 bits per heavy atom. The number of rotatable bonds is 4. The van der Waals surface area contributed by atoms with E-state index in [1.807, 2.05) is 27.7 Å². The second-order valence-corrected chi connectivity index (χ2v) is 4.59. The van der Waals surface area contributed by atoms with Gasteiger partial charge in [-0.1, -0.05) is 6.92 Å². The summed E-state index contributed by atoms with van der Waals surface area (Å²) in [5.41, 5.74) is -0.488. The predicted molar refractivity (Wildman–Crippen MR) is 58.3 cm³/mol. The maximum atomic E-state index is 11.4. The lowest BCUT2D eigenvalue weighted by Crippen LogP contribution is -2.32. The van der Waals surface area contributed by atoms with Crippen LogP contribution in [0.3, 0.4) is 0 Å². The molecule has 1 N–H and O–H groups in total. The maximum absolute atomic E-state index is 11.4. The maximum Gasteiger partial charge on any atom is 0.307 e. The highest BCUT2D eigenvalue weighted by atomic mass is 16.6. The zero-order valence-electron chi connectivity index (χ0n) is 10.2. The van der Waals surface area contributed by atoms with Gasteiger partial charge in [0, 0.05) is 12.5 Å². The zero-order chi connectivity index (χ0) is 12.1. The number of ether oxygens (including phenoxy) is 1. The Bertz CT molecular complexity index is 230. The summed E-state index contributed by atoms with van der Waals surface area (Å²) in [4.78, 5) is 22.7. The Morgan fingerprint density at radius 3 is 2.27 bits per heavy atom. The fourth-order valence-corrected chi connectivity index (χ4v) is 1.07. The van der Waals surface area contributed by atoms with Gasteiger partial charge in [-0.2, -0.15) is 0 Å². The van der Waals surface area contributed by atoms with Gasteiger partial charge in [0.25, 0.3) is 0 Å². The molecule has 0 radical (unpaired) electrons. The van der Waals surface area contributed by atoms with E-state index < -0.39 is 5.60 Å². The fourth-order valence-electron chi connectivity index (χ4n) is 1.07. The normalized spacial score (nSPS) is 13.1. The molecule has 4 heteroatoms. The van der Waals surface area contributed by atoms with E-state index in [4.69, 9.17) is 4.74 Å². The monoisotopic (exact) mass is 215 g/mol. The van der Waals surface area contributed by atoms with Gasteiger partial charge < -0.3 is 10.1 Å². The molecule has 0 aromatic heterocycles. The topological polar surface area (TPSA) is 55.4 Å². The van der Waals surface area contributed by atoms with Crippen molar-refractivity contribution in [2.45, 2.75) is 46.6 Å². The summed E-state index contributed by atoms with van der Waals surface area (Å²) in [7, 11) is 0. The first-order valence-electron chi connectivity index (χ1n) is 5.25. The van der Waals surface area contributed by atoms with E-state index in [1.165, 1.54) is 0 Å². The summed E-state index contributed by atoms with van der Waals surface area (Å²) in [5.74, 6) is -0.774. The summed E-state index contributed by atoms with van der Waals surface area (Å²) in [6.07, 6.45) is 0.128. The lowest BCUT2D eigenvalue weighted by Gasteiger charge is -2.20. The van der Waals surface area contributed by atoms with Crippen LogP contribution in [0.1, 0.15) is 41.0 Å². The SMILES string of the molecule is CCNC(=O)[C@@H](C)CC(=O)OC(C)(C)C. The minimum Gasteiger partial charge on any atom is -0.460 e. The van der Waals surface area contributed by atoms with Gasteiger partial charge >= 0.3 is 5.97 Å². The molecule has 0 aliphatic rings. The van der Waals surface area contributed by atoms with Crippen LogP contribution in [0.5, 0.6) is 0 Å². The summed E-state index contributed by atoms with van der Waals surface area (Å²) < 4.78 is 5.12. The van der Waals surface area contributed by atoms with Crippen molar-refractivity contribution in [3.8, 4) is 0 Å². The molecule has 0 spiro atoms. The largest absolute Gasteiger partial charge is 0.460 e. The highest BCUT2D eigenvalue weighted by Gasteiger charge is 2.21. The van der Waals surface area contributed by atoms with Crippen molar-refractivity contribution >= 4 is 11.9 Å². The Balaban J connectivity index is 4.02. The summed E-state index contributed by atoms with van der Waals surface area (Å²) in [6, 6.07) is 0. The van der Waals surface area contributed by atoms with Gasteiger partial charge in [0.2, 0.25) is 5.91 Å². The van der Waals surface area contributed by atoms with Crippen LogP contribution in [0.4, 0.5) is 0 Å². The number of hydrogen-bond acceptors (Lipinski definition) is 3. The number of carbonyl (C=O) groups is 2. The first-order valence-corrected chi connectivity index (χ1v) is 5.25. The third kappa shape index (κ3) is 6.94. The molecule has 0 heterocycles. The number of hydrogen-bond donors (Lipinski definition) is 1. The molecule has 0 saturated heterocycles. The highest BCUT2D eigenvalue weighted by Crippen LogP contribution is 2.11. The molecule has 0 aliphatic carbocycles. The van der Waals surface area contributed by atoms with E-state index in [0.717, 1.165) is 0 Å². The van der Waals surface area contributed by atoms with E-state index in [2.05, 4.69) is 5.32 Å². The van der Waals surface area contributed by atoms with Crippen molar-refractivity contribution in [1.82, 2.24) is 5.32 Å². The molecule has 0 fully saturated rings. The van der Waals surface area contributed by atoms with Crippen LogP contribution in [0.15, 0.2) is 0 Å². The van der Waals surface area contributed by atoms with E-state index >= 15 is 0 Å². The Hall–Kier alpha value is -1.06. The number of nitrogens with one attached hydrogen (secondary N) is 1. The molecule has 0 rings (SSSR count). The van der Waals surface area contributed by atoms with Crippen LogP contribution in [-0.2, 0) is 14.3 Å². The minimum atomic E-state index is -0.488. The minimum absolute atomic E-state index is 0.108. The molecule has 0 saturated carbocycles. The molecule has 88 valence electrons. The Morgan fingerprint density at radius 2 is 1.87 bits per heavy atom. The quantitative estimate of drug-likeness (QED) is 0.723. The van der Waals surface area contributed by atoms with E-state index in [0.29, 0.717) is 6.54 Å². The molecular formula is C11H21NO3. The van der Waals surface area contributed by atoms with Crippen LogP contribution >= 0.6 is 0 Å². The number of esters is 1. The van der Waals surface area contributed by atoms with Crippen LogP contribution < -0.4 is 5.32 Å². The summed E-state index contributed by atoms with van der Waals surface area (Å²) in [6.45, 7) is 9.57. The lowest BCUT2D eigenvalue weighted by atomic mass is 10.1. The smallest absolute Gasteiger partial charge is 0.307 e. The van der Waals surface area contributed by atoms with Crippen LogP contribution in [-0.4, -0.2) is 24.0 Å². The summed E-state index contributed by atoms with van der Waals surface area (Å²) >= 11 is 0. The van der Waals surface area contributed by atoms with E-state index in [-0.39, 0.29) is 24.2 Å². The van der Waals surface area contributed by atoms with Crippen molar-refractivity contribution in [2.24, 2.45) is 5.92 Å². The van der Waals surface area contributed by atoms with E-state index in [1.54, 1.807) is 6.92 Å². The van der Waals surface area contributed by atoms with Gasteiger partial charge in [0.05, 0.1) is 6.42 Å². The van der Waals surface area contributed by atoms with E-state index in [9.17, 15) is 9.59 Å². The average Bonchev–Trinajstić information content (AvgIpc) is 2.00. The molecule has 4 nitrogen and oxygen atoms in total. The van der Waals surface area contributed by atoms with Crippen molar-refractivity contribution in [2.75, 3.05) is 6.54 Å². The molecule has 0 unspecified atom stereocenters. The second-order valence-electron chi connectivity index (χ2n) is 4.59. The van der Waals surface area contributed by atoms with Gasteiger partial charge in [-0.3, -0.25) is 9.59 Å². The molecule has 1 amide bonds. The first kappa shape index (κ1) is 13.9. The van der Waals surface area contributed by atoms with Gasteiger partial charge in [-0.05, 0) is 27.7 Å². The zero-order valence-corrected chi connectivity index (χ0v) is 10.2. The fraction of sp³-hybridized carbons (Fsp3) is 0.818. The Labute approximate surface area is 91.4 Å². The van der Waals surface area contributed by atoms with Gasteiger partial charge in [-0.25, -0.2) is 0 Å². The number of amides is 1. The molecule has 0 aromatic rings. The molecule has 15 heavy (non-hydrogen) atoms. The van der Waals surface area contributed by atoms with Crippen molar-refractivity contribution in [3.05, 3.63) is 0 Å². The first-order chi connectivity index (χ1) is 6.76. The molecule has 0 aliphatic heterocycles. The summed E-state index contributed by atoms with van der Waals surface area (Å²) in [5, 5.41) is 2.67. The van der Waals surface area contributed by atoms with Gasteiger partial charge in [0.15, 0.2) is 0 Å². The third-order valence-electron chi connectivity index (χ3n) is 1.69. The van der Waals surface area contributed by atoms with Crippen LogP contribution in [0.25, 0.3) is 0 Å². The van der Waals surface area contributed by atoms with Crippen molar-refractivity contribution in [3.63, 3.8) is 0 Å².